The van der Waals surface area contributed by atoms with E-state index in [1.807, 2.05) is 0 Å². The van der Waals surface area contributed by atoms with Gasteiger partial charge in [0.2, 0.25) is 5.88 Å². The van der Waals surface area contributed by atoms with Gasteiger partial charge in [0.15, 0.2) is 5.54 Å². The van der Waals surface area contributed by atoms with Gasteiger partial charge in [0.25, 0.3) is 11.8 Å². The molecule has 2 aromatic carbocycles. The lowest BCUT2D eigenvalue weighted by atomic mass is 9.88. The molecule has 160 valence electrons. The van der Waals surface area contributed by atoms with Crippen LogP contribution in [0.1, 0.15) is 21.5 Å². The molecule has 1 atom stereocenters. The molecule has 0 spiro atoms. The van der Waals surface area contributed by atoms with Gasteiger partial charge in [-0.2, -0.15) is 0 Å². The maximum absolute atomic E-state index is 13.6. The van der Waals surface area contributed by atoms with Gasteiger partial charge in [0.1, 0.15) is 5.82 Å². The van der Waals surface area contributed by atoms with E-state index in [1.165, 1.54) is 29.3 Å². The molecule has 32 heavy (non-hydrogen) atoms. The maximum atomic E-state index is 13.6. The Labute approximate surface area is 181 Å². The molecule has 9 heteroatoms. The number of fused-ring (bicyclic) bond motifs is 1. The molecule has 0 bridgehead atoms. The standard InChI is InChI=1S/C23H17FN4O4/c24-16-8-5-14-11-28(20(30)18(14)10-16)12-23(21(31)26-22(32)27-23)15-6-3-13(4-7-15)17-2-1-9-25-19(17)29/h1-10H,11-12H2,(H,25,29)(H2,26,27,31,32). The van der Waals surface area contributed by atoms with Crippen LogP contribution in [0.4, 0.5) is 9.18 Å². The summed E-state index contributed by atoms with van der Waals surface area (Å²) in [4.78, 5) is 43.1. The normalized spacial score (nSPS) is 19.7. The topological polar surface area (TPSA) is 112 Å². The lowest BCUT2D eigenvalue weighted by molar-refractivity contribution is -0.124. The minimum atomic E-state index is -1.51. The van der Waals surface area contributed by atoms with E-state index in [0.29, 0.717) is 22.3 Å². The summed E-state index contributed by atoms with van der Waals surface area (Å²) in [6.45, 7) is 0.0676. The molecule has 1 fully saturated rings. The Balaban J connectivity index is 1.50. The van der Waals surface area contributed by atoms with Crippen molar-refractivity contribution in [2.24, 2.45) is 0 Å². The molecule has 1 saturated heterocycles. The number of hydrogen-bond donors (Lipinski definition) is 3. The highest BCUT2D eigenvalue weighted by Gasteiger charge is 2.50. The van der Waals surface area contributed by atoms with Crippen LogP contribution in [0.3, 0.4) is 0 Å². The van der Waals surface area contributed by atoms with E-state index < -0.39 is 29.2 Å². The second kappa shape index (κ2) is 7.16. The lowest BCUT2D eigenvalue weighted by Gasteiger charge is -2.31. The number of aromatic nitrogens is 1. The van der Waals surface area contributed by atoms with Gasteiger partial charge in [-0.05, 0) is 41.0 Å². The van der Waals surface area contributed by atoms with Crippen molar-refractivity contribution in [3.8, 4) is 17.0 Å². The predicted molar refractivity (Wildman–Crippen MR) is 111 cm³/mol. The third-order valence-electron chi connectivity index (χ3n) is 5.80. The second-order valence-electron chi connectivity index (χ2n) is 7.73. The Hall–Kier alpha value is -4.27. The van der Waals surface area contributed by atoms with Crippen molar-refractivity contribution in [2.75, 3.05) is 6.54 Å². The minimum absolute atomic E-state index is 0.128. The Morgan fingerprint density at radius 3 is 2.53 bits per heavy atom. The fourth-order valence-electron chi connectivity index (χ4n) is 4.20. The molecule has 3 N–H and O–H groups in total. The summed E-state index contributed by atoms with van der Waals surface area (Å²) in [6, 6.07) is 13.4. The van der Waals surface area contributed by atoms with E-state index in [9.17, 15) is 23.9 Å². The van der Waals surface area contributed by atoms with Crippen LogP contribution in [0.15, 0.2) is 60.8 Å². The van der Waals surface area contributed by atoms with E-state index in [2.05, 4.69) is 15.6 Å². The number of halogens is 1. The number of aromatic hydroxyl groups is 1. The summed E-state index contributed by atoms with van der Waals surface area (Å²) < 4.78 is 13.6. The number of rotatable bonds is 4. The van der Waals surface area contributed by atoms with Gasteiger partial charge in [-0.1, -0.05) is 30.3 Å². The Morgan fingerprint density at radius 2 is 1.84 bits per heavy atom. The number of carbonyl (C=O) groups excluding carboxylic acids is 3. The van der Waals surface area contributed by atoms with E-state index >= 15 is 0 Å². The number of amides is 4. The minimum Gasteiger partial charge on any atom is -0.493 e. The fraction of sp³-hybridized carbons (Fsp3) is 0.130. The molecule has 3 aromatic rings. The molecular weight excluding hydrogens is 415 g/mol. The molecule has 4 amide bonds. The number of carbonyl (C=O) groups is 3. The van der Waals surface area contributed by atoms with Gasteiger partial charge >= 0.3 is 6.03 Å². The molecule has 5 rings (SSSR count). The van der Waals surface area contributed by atoms with Crippen LogP contribution >= 0.6 is 0 Å². The highest BCUT2D eigenvalue weighted by Crippen LogP contribution is 2.33. The van der Waals surface area contributed by atoms with Crippen LogP contribution in [-0.2, 0) is 16.9 Å². The number of benzene rings is 2. The first-order valence-corrected chi connectivity index (χ1v) is 9.83. The molecule has 0 aliphatic carbocycles. The van der Waals surface area contributed by atoms with Crippen LogP contribution in [-0.4, -0.2) is 39.4 Å². The van der Waals surface area contributed by atoms with Crippen LogP contribution in [0.5, 0.6) is 5.88 Å². The third-order valence-corrected chi connectivity index (χ3v) is 5.80. The maximum Gasteiger partial charge on any atom is 0.322 e. The van der Waals surface area contributed by atoms with Gasteiger partial charge in [-0.25, -0.2) is 14.2 Å². The molecule has 0 saturated carbocycles. The molecular formula is C23H17FN4O4. The van der Waals surface area contributed by atoms with Crippen molar-refractivity contribution < 1.29 is 23.9 Å². The Kier molecular flexibility index (Phi) is 4.40. The van der Waals surface area contributed by atoms with Gasteiger partial charge in [0.05, 0.1) is 6.54 Å². The zero-order chi connectivity index (χ0) is 22.5. The van der Waals surface area contributed by atoms with Crippen molar-refractivity contribution in [3.63, 3.8) is 0 Å². The zero-order valence-corrected chi connectivity index (χ0v) is 16.6. The number of nitrogens with zero attached hydrogens (tertiary/aromatic N) is 2. The summed E-state index contributed by atoms with van der Waals surface area (Å²) >= 11 is 0. The molecule has 8 nitrogen and oxygen atoms in total. The summed E-state index contributed by atoms with van der Waals surface area (Å²) in [5.41, 5.74) is 1.02. The van der Waals surface area contributed by atoms with Gasteiger partial charge in [0, 0.05) is 23.9 Å². The molecule has 0 radical (unpaired) electrons. The smallest absolute Gasteiger partial charge is 0.322 e. The average molecular weight is 432 g/mol. The van der Waals surface area contributed by atoms with Crippen molar-refractivity contribution in [1.29, 1.82) is 0 Å². The van der Waals surface area contributed by atoms with Crippen LogP contribution in [0.25, 0.3) is 11.1 Å². The molecule has 3 heterocycles. The van der Waals surface area contributed by atoms with Crippen molar-refractivity contribution >= 4 is 17.8 Å². The van der Waals surface area contributed by atoms with Gasteiger partial charge in [-0.15, -0.1) is 0 Å². The molecule has 1 unspecified atom stereocenters. The first-order chi connectivity index (χ1) is 15.4. The van der Waals surface area contributed by atoms with Crippen LogP contribution in [0.2, 0.25) is 0 Å². The number of pyridine rings is 1. The van der Waals surface area contributed by atoms with E-state index in [1.54, 1.807) is 36.4 Å². The van der Waals surface area contributed by atoms with Gasteiger partial charge < -0.3 is 15.3 Å². The summed E-state index contributed by atoms with van der Waals surface area (Å²) in [5.74, 6) is -1.65. The highest BCUT2D eigenvalue weighted by molar-refractivity contribution is 6.08. The Morgan fingerprint density at radius 1 is 1.06 bits per heavy atom. The van der Waals surface area contributed by atoms with E-state index in [-0.39, 0.29) is 24.5 Å². The third kappa shape index (κ3) is 3.06. The SMILES string of the molecule is O=C1NC(=O)C(CN2Cc3ccc(F)cc3C2=O)(c2ccc(-c3cccnc3O)cc2)N1. The number of hydrogen-bond acceptors (Lipinski definition) is 5. The monoisotopic (exact) mass is 432 g/mol. The quantitative estimate of drug-likeness (QED) is 0.548. The fourth-order valence-corrected chi connectivity index (χ4v) is 4.20. The summed E-state index contributed by atoms with van der Waals surface area (Å²) in [6.07, 6.45) is 1.47. The average Bonchev–Trinajstić information content (AvgIpc) is 3.24. The number of urea groups is 1. The lowest BCUT2D eigenvalue weighted by Crippen LogP contribution is -2.52. The highest BCUT2D eigenvalue weighted by atomic mass is 19.1. The molecule has 2 aliphatic heterocycles. The number of imide groups is 1. The first-order valence-electron chi connectivity index (χ1n) is 9.83. The second-order valence-corrected chi connectivity index (χ2v) is 7.73. The molecule has 1 aromatic heterocycles. The van der Waals surface area contributed by atoms with E-state index in [0.717, 1.165) is 0 Å². The largest absolute Gasteiger partial charge is 0.493 e. The van der Waals surface area contributed by atoms with Crippen molar-refractivity contribution in [1.82, 2.24) is 20.5 Å². The van der Waals surface area contributed by atoms with Crippen molar-refractivity contribution in [3.05, 3.63) is 83.3 Å². The Bertz CT molecular complexity index is 1280. The molecule has 2 aliphatic rings. The summed E-state index contributed by atoms with van der Waals surface area (Å²) in [7, 11) is 0. The van der Waals surface area contributed by atoms with Crippen LogP contribution < -0.4 is 10.6 Å². The summed E-state index contributed by atoms with van der Waals surface area (Å²) in [5, 5.41) is 14.9. The predicted octanol–water partition coefficient (Wildman–Crippen LogP) is 2.28. The van der Waals surface area contributed by atoms with Crippen molar-refractivity contribution in [2.45, 2.75) is 12.1 Å². The van der Waals surface area contributed by atoms with E-state index in [4.69, 9.17) is 0 Å². The number of nitrogens with one attached hydrogen (secondary N) is 2. The van der Waals surface area contributed by atoms with Crippen LogP contribution in [0, 0.1) is 5.82 Å². The first kappa shape index (κ1) is 19.7. The van der Waals surface area contributed by atoms with Gasteiger partial charge in [-0.3, -0.25) is 14.9 Å². The zero-order valence-electron chi connectivity index (χ0n) is 16.6.